The lowest BCUT2D eigenvalue weighted by Crippen LogP contribution is -2.38. The Balaban J connectivity index is 1.49. The fraction of sp³-hybridized carbons (Fsp3) is 0.571. The second-order valence-corrected chi connectivity index (χ2v) is 7.17. The van der Waals surface area contributed by atoms with Crippen molar-refractivity contribution >= 4 is 0 Å². The Labute approximate surface area is 149 Å². The predicted octanol–water partition coefficient (Wildman–Crippen LogP) is 4.93. The summed E-state index contributed by atoms with van der Waals surface area (Å²) in [5.41, 5.74) is 1.13. The molecule has 1 aliphatic heterocycles. The molecule has 1 saturated heterocycles. The van der Waals surface area contributed by atoms with Gasteiger partial charge in [0.2, 0.25) is 0 Å². The van der Waals surface area contributed by atoms with Gasteiger partial charge in [0.25, 0.3) is 0 Å². The van der Waals surface area contributed by atoms with Crippen LogP contribution in [0.15, 0.2) is 30.4 Å². The average molecular weight is 343 g/mol. The van der Waals surface area contributed by atoms with Gasteiger partial charge in [-0.05, 0) is 62.6 Å². The molecule has 1 aromatic rings. The normalized spacial score (nSPS) is 30.3. The van der Waals surface area contributed by atoms with E-state index in [-0.39, 0.29) is 11.9 Å². The fourth-order valence-electron chi connectivity index (χ4n) is 3.90. The summed E-state index contributed by atoms with van der Waals surface area (Å²) in [4.78, 5) is 0. The van der Waals surface area contributed by atoms with Gasteiger partial charge < -0.3 is 9.47 Å². The number of halogens is 1. The average Bonchev–Trinajstić information content (AvgIpc) is 2.67. The summed E-state index contributed by atoms with van der Waals surface area (Å²) in [5, 5.41) is 8.84. The molecule has 4 heteroatoms. The number of rotatable bonds is 4. The summed E-state index contributed by atoms with van der Waals surface area (Å²) in [6.07, 6.45) is 9.27. The van der Waals surface area contributed by atoms with Crippen LogP contribution in [0.4, 0.5) is 4.39 Å². The topological polar surface area (TPSA) is 42.2 Å². The lowest BCUT2D eigenvalue weighted by molar-refractivity contribution is -0.228. The van der Waals surface area contributed by atoms with Crippen LogP contribution in [-0.2, 0) is 9.47 Å². The number of hydrogen-bond donors (Lipinski definition) is 0. The third kappa shape index (κ3) is 4.48. The molecular weight excluding hydrogens is 317 g/mol. The highest BCUT2D eigenvalue weighted by atomic mass is 19.1. The zero-order valence-electron chi connectivity index (χ0n) is 14.8. The minimum Gasteiger partial charge on any atom is -0.352 e. The second kappa shape index (κ2) is 8.60. The summed E-state index contributed by atoms with van der Waals surface area (Å²) in [5.74, 6) is 0.852. The fourth-order valence-corrected chi connectivity index (χ4v) is 3.90. The summed E-state index contributed by atoms with van der Waals surface area (Å²) in [6.45, 7) is 3.58. The maximum atomic E-state index is 13.8. The summed E-state index contributed by atoms with van der Waals surface area (Å²) >= 11 is 0. The molecule has 0 spiro atoms. The maximum absolute atomic E-state index is 13.8. The molecule has 2 fully saturated rings. The van der Waals surface area contributed by atoms with E-state index in [0.717, 1.165) is 50.9 Å². The van der Waals surface area contributed by atoms with Gasteiger partial charge in [-0.25, -0.2) is 4.39 Å². The molecule has 3 nitrogen and oxygen atoms in total. The zero-order valence-corrected chi connectivity index (χ0v) is 14.8. The Hall–Kier alpha value is -1.70. The number of ether oxygens (including phenoxy) is 2. The highest BCUT2D eigenvalue weighted by Crippen LogP contribution is 2.39. The first-order chi connectivity index (χ1) is 12.2. The summed E-state index contributed by atoms with van der Waals surface area (Å²) in [7, 11) is 0. The molecule has 1 heterocycles. The molecule has 0 aromatic heterocycles. The SMILES string of the molecule is CC=CCC1COC(C2CCC(c3ccc(C#N)c(F)c3)CC2)OC1. The van der Waals surface area contributed by atoms with E-state index in [1.165, 1.54) is 6.07 Å². The third-order valence-corrected chi connectivity index (χ3v) is 5.44. The van der Waals surface area contributed by atoms with Crippen LogP contribution < -0.4 is 0 Å². The number of benzene rings is 1. The van der Waals surface area contributed by atoms with Gasteiger partial charge in [-0.2, -0.15) is 5.26 Å². The zero-order chi connectivity index (χ0) is 17.6. The monoisotopic (exact) mass is 343 g/mol. The van der Waals surface area contributed by atoms with E-state index >= 15 is 0 Å². The molecule has 0 bridgehead atoms. The quantitative estimate of drug-likeness (QED) is 0.728. The van der Waals surface area contributed by atoms with Crippen LogP contribution in [0, 0.1) is 29.0 Å². The van der Waals surface area contributed by atoms with Gasteiger partial charge in [-0.15, -0.1) is 0 Å². The lowest BCUT2D eigenvalue weighted by Gasteiger charge is -2.37. The Morgan fingerprint density at radius 1 is 1.20 bits per heavy atom. The van der Waals surface area contributed by atoms with Crippen molar-refractivity contribution in [2.75, 3.05) is 13.2 Å². The van der Waals surface area contributed by atoms with E-state index in [1.807, 2.05) is 19.1 Å². The number of nitrogens with zero attached hydrogens (tertiary/aromatic N) is 1. The van der Waals surface area contributed by atoms with Crippen molar-refractivity contribution in [3.8, 4) is 6.07 Å². The van der Waals surface area contributed by atoms with Crippen LogP contribution in [0.2, 0.25) is 0 Å². The van der Waals surface area contributed by atoms with Gasteiger partial charge in [0.1, 0.15) is 11.9 Å². The highest BCUT2D eigenvalue weighted by molar-refractivity contribution is 5.34. The van der Waals surface area contributed by atoms with Crippen molar-refractivity contribution in [2.45, 2.75) is 51.2 Å². The Morgan fingerprint density at radius 2 is 1.92 bits per heavy atom. The minimum absolute atomic E-state index is 0.0829. The summed E-state index contributed by atoms with van der Waals surface area (Å²) < 4.78 is 25.8. The van der Waals surface area contributed by atoms with Crippen LogP contribution in [0.1, 0.15) is 56.1 Å². The Kier molecular flexibility index (Phi) is 6.23. The molecule has 25 heavy (non-hydrogen) atoms. The molecule has 1 aliphatic carbocycles. The number of hydrogen-bond acceptors (Lipinski definition) is 3. The molecule has 0 N–H and O–H groups in total. The van der Waals surface area contributed by atoms with Crippen molar-refractivity contribution in [3.63, 3.8) is 0 Å². The van der Waals surface area contributed by atoms with Gasteiger partial charge in [-0.1, -0.05) is 18.2 Å². The van der Waals surface area contributed by atoms with Crippen molar-refractivity contribution in [1.29, 1.82) is 5.26 Å². The van der Waals surface area contributed by atoms with Crippen LogP contribution >= 0.6 is 0 Å². The largest absolute Gasteiger partial charge is 0.352 e. The van der Waals surface area contributed by atoms with E-state index < -0.39 is 5.82 Å². The van der Waals surface area contributed by atoms with Crippen LogP contribution in [-0.4, -0.2) is 19.5 Å². The van der Waals surface area contributed by atoms with E-state index in [0.29, 0.717) is 17.8 Å². The summed E-state index contributed by atoms with van der Waals surface area (Å²) in [6, 6.07) is 6.90. The van der Waals surface area contributed by atoms with Gasteiger partial charge in [0.05, 0.1) is 18.8 Å². The molecule has 134 valence electrons. The first kappa shape index (κ1) is 18.1. The van der Waals surface area contributed by atoms with Crippen molar-refractivity contribution in [2.24, 2.45) is 11.8 Å². The van der Waals surface area contributed by atoms with Crippen LogP contribution in [0.5, 0.6) is 0 Å². The van der Waals surface area contributed by atoms with Crippen LogP contribution in [0.25, 0.3) is 0 Å². The minimum atomic E-state index is -0.409. The lowest BCUT2D eigenvalue weighted by atomic mass is 9.78. The molecule has 1 aromatic carbocycles. The highest BCUT2D eigenvalue weighted by Gasteiger charge is 2.32. The molecule has 0 amide bonds. The van der Waals surface area contributed by atoms with Crippen molar-refractivity contribution < 1.29 is 13.9 Å². The predicted molar refractivity (Wildman–Crippen MR) is 94.4 cm³/mol. The molecule has 0 radical (unpaired) electrons. The second-order valence-electron chi connectivity index (χ2n) is 7.17. The first-order valence-corrected chi connectivity index (χ1v) is 9.25. The molecule has 2 aliphatic rings. The van der Waals surface area contributed by atoms with Crippen molar-refractivity contribution in [1.82, 2.24) is 0 Å². The van der Waals surface area contributed by atoms with Gasteiger partial charge in [-0.3, -0.25) is 0 Å². The van der Waals surface area contributed by atoms with Crippen LogP contribution in [0.3, 0.4) is 0 Å². The Bertz CT molecular complexity index is 636. The standard InChI is InChI=1S/C21H26FNO2/c1-2-3-4-15-13-24-21(25-14-15)17-7-5-16(6-8-17)18-9-10-19(12-23)20(22)11-18/h2-3,9-11,15-17,21H,4-8,13-14H2,1H3. The molecular formula is C21H26FNO2. The van der Waals surface area contributed by atoms with Crippen molar-refractivity contribution in [3.05, 3.63) is 47.3 Å². The smallest absolute Gasteiger partial charge is 0.160 e. The Morgan fingerprint density at radius 3 is 2.52 bits per heavy atom. The van der Waals surface area contributed by atoms with Gasteiger partial charge in [0, 0.05) is 11.8 Å². The molecule has 1 saturated carbocycles. The molecule has 3 rings (SSSR count). The molecule has 0 atom stereocenters. The molecule has 0 unspecified atom stereocenters. The van der Waals surface area contributed by atoms with E-state index in [9.17, 15) is 4.39 Å². The first-order valence-electron chi connectivity index (χ1n) is 9.25. The number of nitriles is 1. The van der Waals surface area contributed by atoms with E-state index in [2.05, 4.69) is 12.2 Å². The maximum Gasteiger partial charge on any atom is 0.160 e. The third-order valence-electron chi connectivity index (χ3n) is 5.44. The van der Waals surface area contributed by atoms with Gasteiger partial charge >= 0.3 is 0 Å². The van der Waals surface area contributed by atoms with Gasteiger partial charge in [0.15, 0.2) is 6.29 Å². The van der Waals surface area contributed by atoms with E-state index in [1.54, 1.807) is 6.07 Å². The number of allylic oxidation sites excluding steroid dienone is 2. The van der Waals surface area contributed by atoms with E-state index in [4.69, 9.17) is 14.7 Å².